The fraction of sp³-hybridized carbons (Fsp3) is 0.500. The molecule has 3 nitrogen and oxygen atoms in total. The van der Waals surface area contributed by atoms with Crippen molar-refractivity contribution in [2.75, 3.05) is 13.2 Å². The monoisotopic (exact) mass is 295 g/mol. The normalized spacial score (nSPS) is 21.2. The van der Waals surface area contributed by atoms with Crippen LogP contribution in [-0.4, -0.2) is 23.3 Å². The Hall–Kier alpha value is -1.03. The molecule has 1 aromatic heterocycles. The predicted octanol–water partition coefficient (Wildman–Crippen LogP) is 4.02. The number of aliphatic hydroxyl groups is 1. The van der Waals surface area contributed by atoms with Crippen LogP contribution in [-0.2, 0) is 16.8 Å². The van der Waals surface area contributed by atoms with E-state index in [0.717, 1.165) is 30.0 Å². The molecule has 0 aliphatic carbocycles. The molecule has 0 saturated heterocycles. The third-order valence-corrected chi connectivity index (χ3v) is 4.08. The zero-order valence-electron chi connectivity index (χ0n) is 12.3. The highest BCUT2D eigenvalue weighted by Crippen LogP contribution is 2.39. The maximum Gasteiger partial charge on any atom is 0.105 e. The summed E-state index contributed by atoms with van der Waals surface area (Å²) >= 11 is 6.04. The first-order valence-corrected chi connectivity index (χ1v) is 7.49. The van der Waals surface area contributed by atoms with E-state index in [2.05, 4.69) is 24.9 Å². The van der Waals surface area contributed by atoms with Gasteiger partial charge in [-0.05, 0) is 44.4 Å². The first-order chi connectivity index (χ1) is 9.55. The van der Waals surface area contributed by atoms with Crippen LogP contribution in [0.25, 0.3) is 10.9 Å². The van der Waals surface area contributed by atoms with Crippen molar-refractivity contribution in [2.24, 2.45) is 0 Å². The summed E-state index contributed by atoms with van der Waals surface area (Å²) in [4.78, 5) is 3.49. The van der Waals surface area contributed by atoms with Gasteiger partial charge in [-0.1, -0.05) is 24.6 Å². The summed E-state index contributed by atoms with van der Waals surface area (Å²) in [6.45, 7) is 7.04. The van der Waals surface area contributed by atoms with Crippen LogP contribution in [0.2, 0.25) is 5.02 Å². The fourth-order valence-electron chi connectivity index (χ4n) is 2.67. The molecule has 2 aromatic rings. The van der Waals surface area contributed by atoms with Crippen LogP contribution in [0.4, 0.5) is 0 Å². The van der Waals surface area contributed by atoms with E-state index in [-0.39, 0.29) is 12.2 Å². The number of nitrogens with one attached hydrogen (secondary N) is 1. The maximum atomic E-state index is 7.57. The average Bonchev–Trinajstić information content (AvgIpc) is 2.79. The minimum absolute atomic E-state index is 0.181. The molecule has 0 bridgehead atoms. The van der Waals surface area contributed by atoms with Gasteiger partial charge in [-0.3, -0.25) is 0 Å². The summed E-state index contributed by atoms with van der Waals surface area (Å²) in [5.41, 5.74) is 3.56. The standard InChI is InChI=1S/C14H16ClNO.C2H6O/c1-3-14(2)13-11(6-7-17-14)10-5-4-9(15)8-12(10)16-13;1-2-3/h4-5,8,16H,3,6-7H2,1-2H3;3H,2H2,1H3. The van der Waals surface area contributed by atoms with Crippen molar-refractivity contribution in [3.8, 4) is 0 Å². The second kappa shape index (κ2) is 6.17. The van der Waals surface area contributed by atoms with Crippen LogP contribution in [0.1, 0.15) is 38.4 Å². The molecule has 1 atom stereocenters. The Morgan fingerprint density at radius 2 is 2.10 bits per heavy atom. The minimum atomic E-state index is -0.181. The van der Waals surface area contributed by atoms with Gasteiger partial charge in [-0.2, -0.15) is 0 Å². The highest BCUT2D eigenvalue weighted by atomic mass is 35.5. The molecule has 4 heteroatoms. The summed E-state index contributed by atoms with van der Waals surface area (Å²) in [5.74, 6) is 0. The highest BCUT2D eigenvalue weighted by molar-refractivity contribution is 6.31. The van der Waals surface area contributed by atoms with Gasteiger partial charge >= 0.3 is 0 Å². The number of aliphatic hydroxyl groups excluding tert-OH is 1. The number of hydrogen-bond donors (Lipinski definition) is 2. The number of benzene rings is 1. The van der Waals surface area contributed by atoms with Gasteiger partial charge in [0.05, 0.1) is 12.3 Å². The third-order valence-electron chi connectivity index (χ3n) is 3.84. The summed E-state index contributed by atoms with van der Waals surface area (Å²) in [6, 6.07) is 6.05. The molecule has 1 aliphatic heterocycles. The van der Waals surface area contributed by atoms with Crippen molar-refractivity contribution < 1.29 is 9.84 Å². The van der Waals surface area contributed by atoms with Crippen LogP contribution in [0.3, 0.4) is 0 Å². The Morgan fingerprint density at radius 3 is 2.75 bits per heavy atom. The quantitative estimate of drug-likeness (QED) is 0.835. The smallest absolute Gasteiger partial charge is 0.105 e. The largest absolute Gasteiger partial charge is 0.397 e. The Labute approximate surface area is 124 Å². The summed E-state index contributed by atoms with van der Waals surface area (Å²) in [6.07, 6.45) is 1.95. The van der Waals surface area contributed by atoms with Crippen molar-refractivity contribution in [3.63, 3.8) is 0 Å². The predicted molar refractivity (Wildman–Crippen MR) is 83.4 cm³/mol. The molecule has 0 saturated carbocycles. The van der Waals surface area contributed by atoms with Gasteiger partial charge in [0.25, 0.3) is 0 Å². The summed E-state index contributed by atoms with van der Waals surface area (Å²) in [5, 5.41) is 9.63. The molecule has 0 amide bonds. The number of fused-ring (bicyclic) bond motifs is 3. The molecular weight excluding hydrogens is 274 g/mol. The van der Waals surface area contributed by atoms with Crippen molar-refractivity contribution in [1.29, 1.82) is 0 Å². The van der Waals surface area contributed by atoms with Crippen LogP contribution in [0.15, 0.2) is 18.2 Å². The third kappa shape index (κ3) is 2.71. The SMILES string of the molecule is CCC1(C)OCCc2c1[nH]c1cc(Cl)ccc21.CCO. The van der Waals surface area contributed by atoms with Gasteiger partial charge in [-0.15, -0.1) is 0 Å². The average molecular weight is 296 g/mol. The molecule has 0 fully saturated rings. The van der Waals surface area contributed by atoms with Gasteiger partial charge in [0.1, 0.15) is 5.60 Å². The Bertz CT molecular complexity index is 593. The van der Waals surface area contributed by atoms with Crippen LogP contribution < -0.4 is 0 Å². The second-order valence-corrected chi connectivity index (χ2v) is 5.60. The first kappa shape index (κ1) is 15.4. The zero-order valence-corrected chi connectivity index (χ0v) is 13.0. The molecular formula is C16H22ClNO2. The molecule has 2 heterocycles. The molecule has 1 aliphatic rings. The summed E-state index contributed by atoms with van der Waals surface area (Å²) in [7, 11) is 0. The fourth-order valence-corrected chi connectivity index (χ4v) is 2.84. The molecule has 2 N–H and O–H groups in total. The van der Waals surface area contributed by atoms with Gasteiger partial charge in [0.2, 0.25) is 0 Å². The number of rotatable bonds is 1. The lowest BCUT2D eigenvalue weighted by Crippen LogP contribution is -2.31. The molecule has 3 rings (SSSR count). The van der Waals surface area contributed by atoms with E-state index in [4.69, 9.17) is 21.4 Å². The first-order valence-electron chi connectivity index (χ1n) is 7.11. The Balaban J connectivity index is 0.000000452. The van der Waals surface area contributed by atoms with E-state index < -0.39 is 0 Å². The van der Waals surface area contributed by atoms with E-state index in [1.165, 1.54) is 16.6 Å². The van der Waals surface area contributed by atoms with Gasteiger partial charge in [0.15, 0.2) is 0 Å². The van der Waals surface area contributed by atoms with E-state index in [1.54, 1.807) is 6.92 Å². The maximum absolute atomic E-state index is 7.57. The zero-order chi connectivity index (χ0) is 14.8. The van der Waals surface area contributed by atoms with Crippen LogP contribution >= 0.6 is 11.6 Å². The lowest BCUT2D eigenvalue weighted by molar-refractivity contribution is -0.0513. The van der Waals surface area contributed by atoms with E-state index in [9.17, 15) is 0 Å². The Morgan fingerprint density at radius 1 is 1.40 bits per heavy atom. The lowest BCUT2D eigenvalue weighted by atomic mass is 9.91. The van der Waals surface area contributed by atoms with Gasteiger partial charge in [-0.25, -0.2) is 0 Å². The van der Waals surface area contributed by atoms with Crippen molar-refractivity contribution >= 4 is 22.5 Å². The number of halogens is 1. The summed E-state index contributed by atoms with van der Waals surface area (Å²) < 4.78 is 5.94. The van der Waals surface area contributed by atoms with E-state index in [1.807, 2.05) is 12.1 Å². The van der Waals surface area contributed by atoms with Crippen LogP contribution in [0.5, 0.6) is 0 Å². The molecule has 0 radical (unpaired) electrons. The van der Waals surface area contributed by atoms with Crippen LogP contribution in [0, 0.1) is 0 Å². The van der Waals surface area contributed by atoms with E-state index >= 15 is 0 Å². The molecule has 20 heavy (non-hydrogen) atoms. The second-order valence-electron chi connectivity index (χ2n) is 5.17. The van der Waals surface area contributed by atoms with Crippen molar-refractivity contribution in [3.05, 3.63) is 34.5 Å². The number of ether oxygens (including phenoxy) is 1. The van der Waals surface area contributed by atoms with Gasteiger partial charge < -0.3 is 14.8 Å². The topological polar surface area (TPSA) is 45.2 Å². The molecule has 1 unspecified atom stereocenters. The lowest BCUT2D eigenvalue weighted by Gasteiger charge is -2.33. The minimum Gasteiger partial charge on any atom is -0.397 e. The Kier molecular flexibility index (Phi) is 4.74. The molecule has 0 spiro atoms. The molecule has 1 aromatic carbocycles. The highest BCUT2D eigenvalue weighted by Gasteiger charge is 2.34. The van der Waals surface area contributed by atoms with Crippen molar-refractivity contribution in [2.45, 2.75) is 39.2 Å². The van der Waals surface area contributed by atoms with E-state index in [0.29, 0.717) is 0 Å². The van der Waals surface area contributed by atoms with Gasteiger partial charge in [0, 0.05) is 22.5 Å². The number of aromatic nitrogens is 1. The van der Waals surface area contributed by atoms with Crippen molar-refractivity contribution in [1.82, 2.24) is 4.98 Å². The number of hydrogen-bond acceptors (Lipinski definition) is 2. The number of H-pyrrole nitrogens is 1. The number of aromatic amines is 1. The molecule has 110 valence electrons.